The summed E-state index contributed by atoms with van der Waals surface area (Å²) in [4.78, 5) is 41.8. The van der Waals surface area contributed by atoms with E-state index >= 15 is 0 Å². The maximum Gasteiger partial charge on any atom is 0.312 e. The molecule has 0 saturated heterocycles. The lowest BCUT2D eigenvalue weighted by molar-refractivity contribution is -0.385. The number of hydrogen-bond donors (Lipinski definition) is 1. The van der Waals surface area contributed by atoms with E-state index < -0.39 is 34.5 Å². The van der Waals surface area contributed by atoms with E-state index in [1.807, 2.05) is 18.2 Å². The number of para-hydroxylation sites is 2. The first kappa shape index (κ1) is 28.4. The van der Waals surface area contributed by atoms with Crippen molar-refractivity contribution >= 4 is 61.3 Å². The molecule has 2 heterocycles. The molecule has 218 valence electrons. The predicted molar refractivity (Wildman–Crippen MR) is 166 cm³/mol. The second kappa shape index (κ2) is 11.9. The van der Waals surface area contributed by atoms with Crippen LogP contribution in [0.4, 0.5) is 15.8 Å². The van der Waals surface area contributed by atoms with Crippen LogP contribution in [0.1, 0.15) is 5.56 Å². The summed E-state index contributed by atoms with van der Waals surface area (Å²) in [6, 6.07) is 23.7. The Morgan fingerprint density at radius 3 is 2.61 bits per heavy atom. The number of carbonyl (C=O) groups is 1. The monoisotopic (exact) mass is 655 g/mol. The number of hydrogen-bond acceptors (Lipinski definition) is 8. The van der Waals surface area contributed by atoms with Crippen molar-refractivity contribution in [3.63, 3.8) is 0 Å². The number of nitrogens with zero attached hydrogens (tertiary/aromatic N) is 4. The molecule has 0 bridgehead atoms. The van der Waals surface area contributed by atoms with Crippen LogP contribution in [0, 0.1) is 15.9 Å². The van der Waals surface area contributed by atoms with Crippen molar-refractivity contribution < 1.29 is 23.3 Å². The van der Waals surface area contributed by atoms with E-state index in [1.54, 1.807) is 36.4 Å². The zero-order valence-corrected chi connectivity index (χ0v) is 24.0. The first-order valence-corrected chi connectivity index (χ1v) is 13.8. The fourth-order valence-electron chi connectivity index (χ4n) is 4.43. The van der Waals surface area contributed by atoms with Crippen LogP contribution in [0.5, 0.6) is 5.75 Å². The van der Waals surface area contributed by atoms with Gasteiger partial charge in [-0.1, -0.05) is 30.3 Å². The number of nitrogens with one attached hydrogen (secondary N) is 1. The van der Waals surface area contributed by atoms with Gasteiger partial charge in [0.15, 0.2) is 12.4 Å². The summed E-state index contributed by atoms with van der Waals surface area (Å²) >= 11 is 3.27. The molecule has 6 aromatic rings. The highest BCUT2D eigenvalue weighted by atomic mass is 79.9. The number of halogens is 2. The highest BCUT2D eigenvalue weighted by molar-refractivity contribution is 9.10. The van der Waals surface area contributed by atoms with Crippen molar-refractivity contribution in [2.75, 3.05) is 11.9 Å². The molecule has 0 aliphatic carbocycles. The van der Waals surface area contributed by atoms with Crippen LogP contribution in [0.3, 0.4) is 0 Å². The third-order valence-corrected chi connectivity index (χ3v) is 7.03. The van der Waals surface area contributed by atoms with Crippen molar-refractivity contribution in [1.29, 1.82) is 0 Å². The number of carbonyl (C=O) groups excluding carboxylic acids is 1. The summed E-state index contributed by atoms with van der Waals surface area (Å²) in [5.41, 5.74) is 0.715. The number of benzene rings is 4. The molecule has 44 heavy (non-hydrogen) atoms. The predicted octanol–water partition coefficient (Wildman–Crippen LogP) is 6.52. The van der Waals surface area contributed by atoms with E-state index in [1.165, 1.54) is 42.6 Å². The average molecular weight is 656 g/mol. The van der Waals surface area contributed by atoms with Crippen LogP contribution in [0.25, 0.3) is 33.5 Å². The first-order valence-electron chi connectivity index (χ1n) is 13.0. The molecule has 1 amide bonds. The Morgan fingerprint density at radius 1 is 1.09 bits per heavy atom. The minimum atomic E-state index is -0.668. The minimum absolute atomic E-state index is 0.141. The Morgan fingerprint density at radius 2 is 1.84 bits per heavy atom. The number of aromatic nitrogens is 2. The van der Waals surface area contributed by atoms with Gasteiger partial charge in [0.1, 0.15) is 11.4 Å². The molecule has 0 atom stereocenters. The number of fused-ring (bicyclic) bond motifs is 2. The van der Waals surface area contributed by atoms with Crippen LogP contribution >= 0.6 is 15.9 Å². The normalized spacial score (nSPS) is 11.3. The van der Waals surface area contributed by atoms with Gasteiger partial charge in [-0.3, -0.25) is 19.7 Å². The highest BCUT2D eigenvalue weighted by Crippen LogP contribution is 2.36. The molecular formula is C31H19BrFN5O6. The maximum absolute atomic E-state index is 13.5. The zero-order chi connectivity index (χ0) is 30.8. The van der Waals surface area contributed by atoms with Crippen LogP contribution in [-0.2, 0) is 4.79 Å². The molecule has 2 aromatic heterocycles. The van der Waals surface area contributed by atoms with Gasteiger partial charge in [0, 0.05) is 22.7 Å². The molecule has 0 saturated carbocycles. The number of rotatable bonds is 8. The largest absolute Gasteiger partial charge is 0.476 e. The van der Waals surface area contributed by atoms with Crippen LogP contribution in [-0.4, -0.2) is 33.3 Å². The SMILES string of the molecule is O=C(COc1c(Br)cc(C=Nn2c(-c3cc4ccccc4o3)nc3ccccc3c2=O)cc1[N+](=O)[O-])Nc1ccc(F)cc1. The highest BCUT2D eigenvalue weighted by Gasteiger charge is 2.22. The molecule has 0 unspecified atom stereocenters. The fourth-order valence-corrected chi connectivity index (χ4v) is 5.01. The third kappa shape index (κ3) is 5.80. The lowest BCUT2D eigenvalue weighted by Gasteiger charge is -2.10. The van der Waals surface area contributed by atoms with Gasteiger partial charge in [-0.15, -0.1) is 0 Å². The van der Waals surface area contributed by atoms with Gasteiger partial charge in [0.05, 0.1) is 26.5 Å². The number of nitro benzene ring substituents is 1. The summed E-state index contributed by atoms with van der Waals surface area (Å²) in [7, 11) is 0. The molecule has 11 nitrogen and oxygen atoms in total. The smallest absolute Gasteiger partial charge is 0.312 e. The number of furan rings is 1. The third-order valence-electron chi connectivity index (χ3n) is 6.44. The molecule has 6 rings (SSSR count). The Kier molecular flexibility index (Phi) is 7.69. The fraction of sp³-hybridized carbons (Fsp3) is 0.0323. The second-order valence-electron chi connectivity index (χ2n) is 9.41. The van der Waals surface area contributed by atoms with Crippen molar-refractivity contribution in [1.82, 2.24) is 9.66 Å². The molecule has 0 aliphatic rings. The van der Waals surface area contributed by atoms with Crippen molar-refractivity contribution in [2.24, 2.45) is 5.10 Å². The van der Waals surface area contributed by atoms with E-state index in [0.29, 0.717) is 27.9 Å². The summed E-state index contributed by atoms with van der Waals surface area (Å²) in [6.07, 6.45) is 1.27. The standard InChI is InChI=1S/C31H19BrFN5O6/c32-23-13-18(14-25(38(41)42)29(23)43-17-28(39)35-21-11-9-20(33)10-12-21)16-34-37-30(27-15-19-5-1-4-8-26(19)44-27)36-24-7-3-2-6-22(24)31(37)40/h1-16H,17H2,(H,35,39). The Hall–Kier alpha value is -5.69. The topological polar surface area (TPSA) is 142 Å². The van der Waals surface area contributed by atoms with Gasteiger partial charge in [-0.05, 0) is 70.5 Å². The summed E-state index contributed by atoms with van der Waals surface area (Å²) < 4.78 is 25.8. The molecule has 0 radical (unpaired) electrons. The van der Waals surface area contributed by atoms with E-state index in [-0.39, 0.29) is 21.6 Å². The maximum atomic E-state index is 13.5. The molecule has 13 heteroatoms. The van der Waals surface area contributed by atoms with Crippen LogP contribution in [0.2, 0.25) is 0 Å². The van der Waals surface area contributed by atoms with Crippen LogP contribution in [0.15, 0.2) is 110 Å². The summed E-state index contributed by atoms with van der Waals surface area (Å²) in [6.45, 7) is -0.552. The van der Waals surface area contributed by atoms with Crippen molar-refractivity contribution in [3.05, 3.63) is 127 Å². The average Bonchev–Trinajstić information content (AvgIpc) is 3.45. The molecule has 1 N–H and O–H groups in total. The number of nitro groups is 1. The quantitative estimate of drug-likeness (QED) is 0.112. The molecular weight excluding hydrogens is 637 g/mol. The van der Waals surface area contributed by atoms with Gasteiger partial charge < -0.3 is 14.5 Å². The number of ether oxygens (including phenoxy) is 1. The van der Waals surface area contributed by atoms with E-state index in [9.17, 15) is 24.1 Å². The Bertz CT molecular complexity index is 2130. The Labute approximate surface area is 255 Å². The Balaban J connectivity index is 1.33. The summed E-state index contributed by atoms with van der Waals surface area (Å²) in [5, 5.41) is 19.9. The number of anilines is 1. The van der Waals surface area contributed by atoms with Crippen LogP contribution < -0.4 is 15.6 Å². The molecule has 0 aliphatic heterocycles. The first-order chi connectivity index (χ1) is 21.3. The molecule has 0 spiro atoms. The van der Waals surface area contributed by atoms with Gasteiger partial charge in [-0.2, -0.15) is 9.78 Å². The zero-order valence-electron chi connectivity index (χ0n) is 22.4. The van der Waals surface area contributed by atoms with Gasteiger partial charge in [0.25, 0.3) is 11.5 Å². The van der Waals surface area contributed by atoms with Gasteiger partial charge in [0.2, 0.25) is 11.6 Å². The van der Waals surface area contributed by atoms with Crippen molar-refractivity contribution in [2.45, 2.75) is 0 Å². The van der Waals surface area contributed by atoms with Gasteiger partial charge in [-0.25, -0.2) is 9.37 Å². The lowest BCUT2D eigenvalue weighted by atomic mass is 10.2. The second-order valence-corrected chi connectivity index (χ2v) is 10.3. The molecule has 0 fully saturated rings. The molecule has 4 aromatic carbocycles. The number of amides is 1. The van der Waals surface area contributed by atoms with Crippen molar-refractivity contribution in [3.8, 4) is 17.3 Å². The van der Waals surface area contributed by atoms with E-state index in [2.05, 4.69) is 31.3 Å². The van der Waals surface area contributed by atoms with E-state index in [0.717, 1.165) is 10.1 Å². The van der Waals surface area contributed by atoms with Gasteiger partial charge >= 0.3 is 5.69 Å². The van der Waals surface area contributed by atoms with E-state index in [4.69, 9.17) is 9.15 Å². The summed E-state index contributed by atoms with van der Waals surface area (Å²) in [5.74, 6) is -0.809. The minimum Gasteiger partial charge on any atom is -0.476 e. The lowest BCUT2D eigenvalue weighted by Crippen LogP contribution is -2.20.